The summed E-state index contributed by atoms with van der Waals surface area (Å²) in [5, 5.41) is 11.4. The second kappa shape index (κ2) is 6.08. The molecule has 1 amide bonds. The van der Waals surface area contributed by atoms with Gasteiger partial charge in [-0.1, -0.05) is 0 Å². The molecule has 0 aromatic heterocycles. The average Bonchev–Trinajstić information content (AvgIpc) is 2.87. The Bertz CT molecular complexity index is 648. The molecule has 1 aliphatic rings. The number of aliphatic hydroxyl groups excluding tert-OH is 1. The van der Waals surface area contributed by atoms with Crippen molar-refractivity contribution in [2.24, 2.45) is 5.92 Å². The number of nitrogens with zero attached hydrogens (tertiary/aromatic N) is 1. The van der Waals surface area contributed by atoms with E-state index in [0.717, 1.165) is 12.1 Å². The molecule has 21 heavy (non-hydrogen) atoms. The summed E-state index contributed by atoms with van der Waals surface area (Å²) in [4.78, 5) is 10.5. The maximum absolute atomic E-state index is 14.0. The van der Waals surface area contributed by atoms with Gasteiger partial charge in [-0.25, -0.2) is 12.8 Å². The van der Waals surface area contributed by atoms with E-state index in [2.05, 4.69) is 5.32 Å². The standard InChI is InChI=1S/C13H17FN2O4S/c1-9(18)15-11-2-3-13(12(14)6-11)21(19,20)16-5-4-10(7-16)8-17/h2-3,6,10,17H,4-5,7-8H2,1H3,(H,15,18). The molecule has 0 radical (unpaired) electrons. The molecule has 0 spiro atoms. The molecule has 116 valence electrons. The zero-order chi connectivity index (χ0) is 15.6. The molecule has 1 aromatic rings. The van der Waals surface area contributed by atoms with Crippen molar-refractivity contribution in [2.45, 2.75) is 18.2 Å². The first kappa shape index (κ1) is 15.9. The molecule has 2 rings (SSSR count). The fourth-order valence-corrected chi connectivity index (χ4v) is 3.87. The highest BCUT2D eigenvalue weighted by atomic mass is 32.2. The summed E-state index contributed by atoms with van der Waals surface area (Å²) in [6, 6.07) is 3.47. The summed E-state index contributed by atoms with van der Waals surface area (Å²) in [6.45, 7) is 1.64. The van der Waals surface area contributed by atoms with Crippen LogP contribution >= 0.6 is 0 Å². The number of benzene rings is 1. The molecule has 2 N–H and O–H groups in total. The lowest BCUT2D eigenvalue weighted by Gasteiger charge is -2.17. The minimum absolute atomic E-state index is 0.0873. The first-order valence-corrected chi connectivity index (χ1v) is 7.96. The fraction of sp³-hybridized carbons (Fsp3) is 0.462. The molecule has 1 aliphatic heterocycles. The number of carbonyl (C=O) groups is 1. The number of hydrogen-bond acceptors (Lipinski definition) is 4. The van der Waals surface area contributed by atoms with E-state index in [-0.39, 0.29) is 37.2 Å². The van der Waals surface area contributed by atoms with E-state index in [1.807, 2.05) is 0 Å². The Hall–Kier alpha value is -1.51. The molecule has 1 fully saturated rings. The third-order valence-electron chi connectivity index (χ3n) is 3.38. The van der Waals surface area contributed by atoms with Gasteiger partial charge in [-0.15, -0.1) is 0 Å². The lowest BCUT2D eigenvalue weighted by Crippen LogP contribution is -2.30. The second-order valence-corrected chi connectivity index (χ2v) is 6.93. The lowest BCUT2D eigenvalue weighted by molar-refractivity contribution is -0.114. The van der Waals surface area contributed by atoms with Crippen LogP contribution in [-0.2, 0) is 14.8 Å². The third-order valence-corrected chi connectivity index (χ3v) is 5.28. The minimum atomic E-state index is -3.92. The van der Waals surface area contributed by atoms with Crippen molar-refractivity contribution in [3.8, 4) is 0 Å². The Morgan fingerprint density at radius 3 is 2.76 bits per heavy atom. The van der Waals surface area contributed by atoms with Crippen LogP contribution in [0.5, 0.6) is 0 Å². The van der Waals surface area contributed by atoms with Crippen molar-refractivity contribution in [3.63, 3.8) is 0 Å². The molecule has 1 atom stereocenters. The quantitative estimate of drug-likeness (QED) is 0.860. The summed E-state index contributed by atoms with van der Waals surface area (Å²) in [7, 11) is -3.92. The number of amides is 1. The van der Waals surface area contributed by atoms with E-state index in [1.54, 1.807) is 0 Å². The van der Waals surface area contributed by atoms with Gasteiger partial charge in [0.1, 0.15) is 10.7 Å². The molecule has 1 unspecified atom stereocenters. The third kappa shape index (κ3) is 3.39. The van der Waals surface area contributed by atoms with Gasteiger partial charge in [0.05, 0.1) is 0 Å². The molecular formula is C13H17FN2O4S. The van der Waals surface area contributed by atoms with Gasteiger partial charge in [-0.3, -0.25) is 4.79 Å². The van der Waals surface area contributed by atoms with Crippen LogP contribution in [0.2, 0.25) is 0 Å². The van der Waals surface area contributed by atoms with Gasteiger partial charge in [0.25, 0.3) is 0 Å². The summed E-state index contributed by atoms with van der Waals surface area (Å²) in [5.74, 6) is -1.38. The van der Waals surface area contributed by atoms with Crippen LogP contribution in [0.25, 0.3) is 0 Å². The number of aliphatic hydroxyl groups is 1. The van der Waals surface area contributed by atoms with Crippen molar-refractivity contribution in [1.29, 1.82) is 0 Å². The van der Waals surface area contributed by atoms with Gasteiger partial charge in [0.2, 0.25) is 15.9 Å². The highest BCUT2D eigenvalue weighted by molar-refractivity contribution is 7.89. The van der Waals surface area contributed by atoms with Crippen LogP contribution in [0.3, 0.4) is 0 Å². The second-order valence-electron chi connectivity index (χ2n) is 5.03. The van der Waals surface area contributed by atoms with E-state index >= 15 is 0 Å². The maximum Gasteiger partial charge on any atom is 0.245 e. The zero-order valence-electron chi connectivity index (χ0n) is 11.5. The van der Waals surface area contributed by atoms with Crippen LogP contribution in [0.15, 0.2) is 23.1 Å². The van der Waals surface area contributed by atoms with Crippen LogP contribution in [0.4, 0.5) is 10.1 Å². The Labute approximate surface area is 122 Å². The van der Waals surface area contributed by atoms with Gasteiger partial charge in [-0.05, 0) is 30.5 Å². The van der Waals surface area contributed by atoms with Crippen LogP contribution < -0.4 is 5.32 Å². The first-order chi connectivity index (χ1) is 9.84. The molecule has 6 nitrogen and oxygen atoms in total. The van der Waals surface area contributed by atoms with Crippen LogP contribution in [0, 0.1) is 11.7 Å². The highest BCUT2D eigenvalue weighted by Crippen LogP contribution is 2.27. The van der Waals surface area contributed by atoms with Crippen molar-refractivity contribution < 1.29 is 22.7 Å². The highest BCUT2D eigenvalue weighted by Gasteiger charge is 2.33. The Morgan fingerprint density at radius 1 is 1.52 bits per heavy atom. The molecule has 1 saturated heterocycles. The van der Waals surface area contributed by atoms with Crippen LogP contribution in [0.1, 0.15) is 13.3 Å². The fourth-order valence-electron chi connectivity index (χ4n) is 2.29. The van der Waals surface area contributed by atoms with Crippen molar-refractivity contribution in [2.75, 3.05) is 25.0 Å². The van der Waals surface area contributed by atoms with E-state index in [4.69, 9.17) is 5.11 Å². The summed E-state index contributed by atoms with van der Waals surface area (Å²) in [6.07, 6.45) is 0.557. The number of rotatable bonds is 4. The normalized spacial score (nSPS) is 19.7. The molecule has 1 aromatic carbocycles. The summed E-state index contributed by atoms with van der Waals surface area (Å²) >= 11 is 0. The number of anilines is 1. The van der Waals surface area contributed by atoms with E-state index in [0.29, 0.717) is 6.42 Å². The van der Waals surface area contributed by atoms with Gasteiger partial charge < -0.3 is 10.4 Å². The Morgan fingerprint density at radius 2 is 2.24 bits per heavy atom. The number of sulfonamides is 1. The summed E-state index contributed by atoms with van der Waals surface area (Å²) in [5.41, 5.74) is 0.202. The van der Waals surface area contributed by atoms with E-state index in [1.165, 1.54) is 17.3 Å². The lowest BCUT2D eigenvalue weighted by atomic mass is 10.1. The SMILES string of the molecule is CC(=O)Nc1ccc(S(=O)(=O)N2CCC(CO)C2)c(F)c1. The Balaban J connectivity index is 2.26. The zero-order valence-corrected chi connectivity index (χ0v) is 12.4. The van der Waals surface area contributed by atoms with Gasteiger partial charge in [0, 0.05) is 32.3 Å². The van der Waals surface area contributed by atoms with E-state index in [9.17, 15) is 17.6 Å². The van der Waals surface area contributed by atoms with Crippen molar-refractivity contribution in [3.05, 3.63) is 24.0 Å². The van der Waals surface area contributed by atoms with Gasteiger partial charge >= 0.3 is 0 Å². The summed E-state index contributed by atoms with van der Waals surface area (Å²) < 4.78 is 39.9. The number of carbonyl (C=O) groups excluding carboxylic acids is 1. The molecule has 0 saturated carbocycles. The van der Waals surface area contributed by atoms with E-state index < -0.39 is 20.7 Å². The average molecular weight is 316 g/mol. The predicted octanol–water partition coefficient (Wildman–Crippen LogP) is 0.787. The predicted molar refractivity (Wildman–Crippen MR) is 74.7 cm³/mol. The smallest absolute Gasteiger partial charge is 0.245 e. The molecule has 8 heteroatoms. The first-order valence-electron chi connectivity index (χ1n) is 6.52. The minimum Gasteiger partial charge on any atom is -0.396 e. The van der Waals surface area contributed by atoms with Crippen molar-refractivity contribution >= 4 is 21.6 Å². The molecular weight excluding hydrogens is 299 g/mol. The number of nitrogens with one attached hydrogen (secondary N) is 1. The number of hydrogen-bond donors (Lipinski definition) is 2. The van der Waals surface area contributed by atoms with Gasteiger partial charge in [-0.2, -0.15) is 4.31 Å². The molecule has 0 aliphatic carbocycles. The van der Waals surface area contributed by atoms with Crippen molar-refractivity contribution in [1.82, 2.24) is 4.31 Å². The topological polar surface area (TPSA) is 86.7 Å². The molecule has 0 bridgehead atoms. The number of halogens is 1. The largest absolute Gasteiger partial charge is 0.396 e. The van der Waals surface area contributed by atoms with Crippen LogP contribution in [-0.4, -0.2) is 43.4 Å². The Kier molecular flexibility index (Phi) is 4.60. The van der Waals surface area contributed by atoms with Gasteiger partial charge in [0.15, 0.2) is 0 Å². The molecule has 1 heterocycles. The maximum atomic E-state index is 14.0. The monoisotopic (exact) mass is 316 g/mol.